The number of nitrogens with zero attached hydrogens (tertiary/aromatic N) is 1. The molecule has 2 nitrogen and oxygen atoms in total. The molecular formula is C6H7BF3KN2S. The molecule has 0 spiro atoms. The van der Waals surface area contributed by atoms with Crippen LogP contribution in [0, 0.1) is 0 Å². The summed E-state index contributed by atoms with van der Waals surface area (Å²) in [6, 6.07) is 3.00. The summed E-state index contributed by atoms with van der Waals surface area (Å²) < 4.78 is 35.5. The van der Waals surface area contributed by atoms with Crippen LogP contribution in [-0.2, 0) is 0 Å². The second-order valence-electron chi connectivity index (χ2n) is 2.44. The summed E-state index contributed by atoms with van der Waals surface area (Å²) in [5.74, 6) is 0.307. The van der Waals surface area contributed by atoms with Gasteiger partial charge in [-0.15, -0.1) is 0 Å². The second-order valence-corrected chi connectivity index (χ2v) is 3.53. The van der Waals surface area contributed by atoms with Crippen molar-refractivity contribution in [2.75, 3.05) is 11.4 Å². The Labute approximate surface area is 127 Å². The first kappa shape index (κ1) is 14.8. The number of pyridine rings is 1. The Kier molecular flexibility index (Phi) is 6.75. The molecule has 1 rings (SSSR count). The molecule has 0 bridgehead atoms. The van der Waals surface area contributed by atoms with Gasteiger partial charge in [0.2, 0.25) is 0 Å². The topological polar surface area (TPSA) is 38.9 Å². The largest absolute Gasteiger partial charge is 1.00 e. The number of thioether (sulfide) groups is 1. The number of rotatable bonds is 3. The predicted molar refractivity (Wildman–Crippen MR) is 48.5 cm³/mol. The summed E-state index contributed by atoms with van der Waals surface area (Å²) in [5.41, 5.74) is 4.43. The van der Waals surface area contributed by atoms with Crippen molar-refractivity contribution >= 4 is 24.6 Å². The zero-order valence-corrected chi connectivity index (χ0v) is 11.5. The SMILES string of the molecule is Nc1ccc(SC[B-](F)(F)F)cn1.[K+]. The Bertz CT molecular complexity index is 279. The van der Waals surface area contributed by atoms with Crippen LogP contribution in [0.3, 0.4) is 0 Å². The fourth-order valence-electron chi connectivity index (χ4n) is 0.668. The fourth-order valence-corrected chi connectivity index (χ4v) is 1.34. The van der Waals surface area contributed by atoms with Crippen LogP contribution in [0.2, 0.25) is 0 Å². The summed E-state index contributed by atoms with van der Waals surface area (Å²) in [6.07, 6.45) is 1.34. The standard InChI is InChI=1S/C6H7BF3N2S.K/c8-7(9,10)4-13-5-1-2-6(11)12-3-5;/h1-3H,4H2,(H2,11,12);/q-1;+1. The summed E-state index contributed by atoms with van der Waals surface area (Å²) in [6.45, 7) is -4.73. The van der Waals surface area contributed by atoms with Crippen molar-refractivity contribution in [1.82, 2.24) is 4.98 Å². The molecule has 0 aliphatic carbocycles. The van der Waals surface area contributed by atoms with E-state index in [1.165, 1.54) is 18.3 Å². The molecule has 0 saturated heterocycles. The Hall–Kier alpha value is 0.791. The average molecular weight is 246 g/mol. The Morgan fingerprint density at radius 1 is 1.36 bits per heavy atom. The van der Waals surface area contributed by atoms with Crippen molar-refractivity contribution in [2.45, 2.75) is 4.90 Å². The van der Waals surface area contributed by atoms with E-state index in [4.69, 9.17) is 5.73 Å². The van der Waals surface area contributed by atoms with Crippen LogP contribution in [-0.4, -0.2) is 17.6 Å². The molecule has 2 N–H and O–H groups in total. The van der Waals surface area contributed by atoms with Crippen LogP contribution >= 0.6 is 11.8 Å². The number of hydrogen-bond donors (Lipinski definition) is 1. The van der Waals surface area contributed by atoms with E-state index >= 15 is 0 Å². The van der Waals surface area contributed by atoms with Gasteiger partial charge in [0.25, 0.3) is 0 Å². The van der Waals surface area contributed by atoms with Gasteiger partial charge in [-0.1, -0.05) is 0 Å². The minimum atomic E-state index is -4.73. The Morgan fingerprint density at radius 3 is 2.43 bits per heavy atom. The van der Waals surface area contributed by atoms with Crippen molar-refractivity contribution in [1.29, 1.82) is 0 Å². The van der Waals surface area contributed by atoms with Gasteiger partial charge in [0, 0.05) is 11.1 Å². The molecule has 0 saturated carbocycles. The zero-order valence-electron chi connectivity index (χ0n) is 7.58. The van der Waals surface area contributed by atoms with Crippen molar-refractivity contribution in [3.8, 4) is 0 Å². The maximum atomic E-state index is 11.8. The average Bonchev–Trinajstić information content (AvgIpc) is 2.02. The molecule has 0 radical (unpaired) electrons. The molecule has 8 heteroatoms. The molecule has 0 amide bonds. The van der Waals surface area contributed by atoms with Crippen LogP contribution in [0.25, 0.3) is 0 Å². The van der Waals surface area contributed by atoms with Crippen LogP contribution in [0.15, 0.2) is 23.2 Å². The van der Waals surface area contributed by atoms with Gasteiger partial charge in [-0.25, -0.2) is 4.98 Å². The molecule has 1 heterocycles. The van der Waals surface area contributed by atoms with Crippen molar-refractivity contribution in [3.63, 3.8) is 0 Å². The van der Waals surface area contributed by atoms with E-state index in [2.05, 4.69) is 4.98 Å². The van der Waals surface area contributed by atoms with Gasteiger partial charge < -0.3 is 18.7 Å². The van der Waals surface area contributed by atoms with Crippen molar-refractivity contribution in [2.24, 2.45) is 0 Å². The van der Waals surface area contributed by atoms with E-state index in [0.717, 1.165) is 11.8 Å². The molecular weight excluding hydrogens is 239 g/mol. The summed E-state index contributed by atoms with van der Waals surface area (Å²) in [5, 5.41) is 0. The van der Waals surface area contributed by atoms with E-state index in [0.29, 0.717) is 10.7 Å². The van der Waals surface area contributed by atoms with Crippen LogP contribution < -0.4 is 57.1 Å². The van der Waals surface area contributed by atoms with Gasteiger partial charge >= 0.3 is 58.4 Å². The number of halogens is 3. The predicted octanol–water partition coefficient (Wildman–Crippen LogP) is -0.854. The van der Waals surface area contributed by atoms with Gasteiger partial charge in [-0.05, 0) is 17.8 Å². The minimum absolute atomic E-state index is 0. The van der Waals surface area contributed by atoms with Crippen molar-refractivity contribution in [3.05, 3.63) is 18.3 Å². The van der Waals surface area contributed by atoms with E-state index in [1.54, 1.807) is 0 Å². The first-order valence-corrected chi connectivity index (χ1v) is 4.51. The van der Waals surface area contributed by atoms with Gasteiger partial charge in [-0.2, -0.15) is 11.8 Å². The molecule has 1 aromatic heterocycles. The van der Waals surface area contributed by atoms with E-state index in [9.17, 15) is 12.9 Å². The third-order valence-electron chi connectivity index (χ3n) is 1.20. The monoisotopic (exact) mass is 246 g/mol. The molecule has 14 heavy (non-hydrogen) atoms. The van der Waals surface area contributed by atoms with Crippen LogP contribution in [0.1, 0.15) is 0 Å². The maximum Gasteiger partial charge on any atom is 1.00 e. The molecule has 0 fully saturated rings. The molecule has 72 valence electrons. The van der Waals surface area contributed by atoms with E-state index in [1.807, 2.05) is 0 Å². The van der Waals surface area contributed by atoms with E-state index in [-0.39, 0.29) is 51.4 Å². The molecule has 1 aromatic rings. The molecule has 0 aliphatic rings. The fraction of sp³-hybridized carbons (Fsp3) is 0.167. The molecule has 0 aliphatic heterocycles. The number of nitrogen functional groups attached to an aromatic ring is 1. The number of anilines is 1. The van der Waals surface area contributed by atoms with Gasteiger partial charge in [0.1, 0.15) is 5.82 Å². The Morgan fingerprint density at radius 2 is 2.00 bits per heavy atom. The summed E-state index contributed by atoms with van der Waals surface area (Å²) in [7, 11) is 0. The van der Waals surface area contributed by atoms with Crippen molar-refractivity contribution < 1.29 is 64.3 Å². The smallest absolute Gasteiger partial charge is 0.448 e. The van der Waals surface area contributed by atoms with Crippen LogP contribution in [0.4, 0.5) is 18.8 Å². The summed E-state index contributed by atoms with van der Waals surface area (Å²) >= 11 is 0.721. The minimum Gasteiger partial charge on any atom is -0.448 e. The number of nitrogens with two attached hydrogens (primary N) is 1. The maximum absolute atomic E-state index is 11.8. The Balaban J connectivity index is 0.00000169. The molecule has 0 atom stereocenters. The van der Waals surface area contributed by atoms with Crippen LogP contribution in [0.5, 0.6) is 0 Å². The second kappa shape index (κ2) is 6.39. The summed E-state index contributed by atoms with van der Waals surface area (Å²) in [4.78, 5) is 4.16. The molecule has 0 aromatic carbocycles. The third kappa shape index (κ3) is 6.31. The van der Waals surface area contributed by atoms with E-state index < -0.39 is 12.6 Å². The molecule has 0 unspecified atom stereocenters. The first-order chi connectivity index (χ1) is 5.97. The first-order valence-electron chi connectivity index (χ1n) is 3.53. The third-order valence-corrected chi connectivity index (χ3v) is 2.32. The quantitative estimate of drug-likeness (QED) is 0.557. The zero-order chi connectivity index (χ0) is 9.90. The van der Waals surface area contributed by atoms with Gasteiger partial charge in [-0.3, -0.25) is 0 Å². The van der Waals surface area contributed by atoms with Gasteiger partial charge in [0.15, 0.2) is 0 Å². The number of hydrogen-bond acceptors (Lipinski definition) is 3. The number of aromatic nitrogens is 1. The normalized spacial score (nSPS) is 10.8. The van der Waals surface area contributed by atoms with Gasteiger partial charge in [0.05, 0.1) is 0 Å².